The number of para-hydroxylation sites is 1. The molecule has 2 aliphatic heterocycles. The minimum atomic E-state index is -0.127. The molecule has 0 radical (unpaired) electrons. The van der Waals surface area contributed by atoms with Gasteiger partial charge in [0.15, 0.2) is 0 Å². The van der Waals surface area contributed by atoms with Crippen molar-refractivity contribution in [3.05, 3.63) is 70.5 Å². The second-order valence-electron chi connectivity index (χ2n) is 8.46. The lowest BCUT2D eigenvalue weighted by molar-refractivity contribution is 0.0571. The molecule has 156 valence electrons. The van der Waals surface area contributed by atoms with Crippen LogP contribution in [0.1, 0.15) is 23.2 Å². The van der Waals surface area contributed by atoms with E-state index in [1.54, 1.807) is 10.6 Å². The van der Waals surface area contributed by atoms with E-state index in [9.17, 15) is 9.59 Å². The third-order valence-electron chi connectivity index (χ3n) is 6.63. The molecular weight excluding hydrogens is 390 g/mol. The number of carbonyl (C=O) groups excluding carboxylic acids is 1. The van der Waals surface area contributed by atoms with Crippen LogP contribution in [0.2, 0.25) is 0 Å². The molecule has 0 unspecified atom stereocenters. The molecule has 4 aromatic rings. The van der Waals surface area contributed by atoms with Crippen molar-refractivity contribution in [3.63, 3.8) is 0 Å². The number of aromatic nitrogens is 3. The van der Waals surface area contributed by atoms with Gasteiger partial charge in [0.25, 0.3) is 11.5 Å². The average Bonchev–Trinajstić information content (AvgIpc) is 3.45. The lowest BCUT2D eigenvalue weighted by Gasteiger charge is -2.37. The van der Waals surface area contributed by atoms with Gasteiger partial charge in [-0.15, -0.1) is 0 Å². The van der Waals surface area contributed by atoms with Gasteiger partial charge < -0.3 is 9.88 Å². The first-order chi connectivity index (χ1) is 15.2. The molecule has 1 atom stereocenters. The maximum atomic E-state index is 13.0. The average molecular weight is 413 g/mol. The largest absolute Gasteiger partial charge is 0.336 e. The van der Waals surface area contributed by atoms with Crippen molar-refractivity contribution < 1.29 is 4.79 Å². The lowest BCUT2D eigenvalue weighted by Crippen LogP contribution is -2.52. The molecule has 2 fully saturated rings. The van der Waals surface area contributed by atoms with Crippen LogP contribution in [0.4, 0.5) is 0 Å². The van der Waals surface area contributed by atoms with E-state index in [0.717, 1.165) is 36.4 Å². The highest BCUT2D eigenvalue weighted by atomic mass is 16.2. The third-order valence-corrected chi connectivity index (χ3v) is 6.63. The van der Waals surface area contributed by atoms with Crippen LogP contribution in [-0.4, -0.2) is 62.5 Å². The van der Waals surface area contributed by atoms with E-state index in [2.05, 4.69) is 9.88 Å². The van der Waals surface area contributed by atoms with Crippen molar-refractivity contribution in [3.8, 4) is 11.3 Å². The molecule has 7 nitrogen and oxygen atoms in total. The Morgan fingerprint density at radius 1 is 1.03 bits per heavy atom. The highest BCUT2D eigenvalue weighted by Gasteiger charge is 2.32. The van der Waals surface area contributed by atoms with Gasteiger partial charge in [-0.2, -0.15) is 5.10 Å². The number of hydrogen-bond donors (Lipinski definition) is 1. The van der Waals surface area contributed by atoms with E-state index < -0.39 is 0 Å². The number of carbonyl (C=O) groups is 1. The molecule has 0 aliphatic carbocycles. The smallest absolute Gasteiger partial charge is 0.259 e. The van der Waals surface area contributed by atoms with Gasteiger partial charge >= 0.3 is 0 Å². The minimum absolute atomic E-state index is 0.100. The number of H-pyrrole nitrogens is 1. The van der Waals surface area contributed by atoms with Gasteiger partial charge in [-0.1, -0.05) is 24.3 Å². The zero-order valence-corrected chi connectivity index (χ0v) is 17.1. The van der Waals surface area contributed by atoms with E-state index in [0.29, 0.717) is 22.6 Å². The number of hydrogen-bond acceptors (Lipinski definition) is 4. The van der Waals surface area contributed by atoms with Gasteiger partial charge in [0.1, 0.15) is 5.65 Å². The molecular formula is C24H23N5O2. The second-order valence-corrected chi connectivity index (χ2v) is 8.46. The Bertz CT molecular complexity index is 1350. The fraction of sp³-hybridized carbons (Fsp3) is 0.292. The highest BCUT2D eigenvalue weighted by molar-refractivity contribution is 5.95. The fourth-order valence-corrected chi connectivity index (χ4v) is 4.97. The van der Waals surface area contributed by atoms with Gasteiger partial charge in [-0.05, 0) is 43.7 Å². The van der Waals surface area contributed by atoms with Crippen LogP contribution < -0.4 is 5.56 Å². The molecule has 7 heteroatoms. The van der Waals surface area contributed by atoms with Gasteiger partial charge in [-0.25, -0.2) is 4.52 Å². The third kappa shape index (κ3) is 3.04. The normalized spacial score (nSPS) is 19.2. The van der Waals surface area contributed by atoms with Gasteiger partial charge in [0, 0.05) is 42.9 Å². The number of amides is 1. The van der Waals surface area contributed by atoms with Crippen molar-refractivity contribution in [1.82, 2.24) is 24.4 Å². The number of fused-ring (bicyclic) bond motifs is 4. The van der Waals surface area contributed by atoms with Crippen molar-refractivity contribution in [2.75, 3.05) is 26.2 Å². The molecule has 2 saturated heterocycles. The summed E-state index contributed by atoms with van der Waals surface area (Å²) in [5.74, 6) is 0.100. The summed E-state index contributed by atoms with van der Waals surface area (Å²) in [5.41, 5.74) is 3.66. The zero-order valence-electron chi connectivity index (χ0n) is 17.1. The monoisotopic (exact) mass is 413 g/mol. The van der Waals surface area contributed by atoms with E-state index >= 15 is 0 Å². The number of benzene rings is 2. The molecule has 2 aromatic heterocycles. The van der Waals surface area contributed by atoms with Crippen LogP contribution in [0.5, 0.6) is 0 Å². The zero-order chi connectivity index (χ0) is 20.9. The first-order valence-corrected chi connectivity index (χ1v) is 10.8. The number of aromatic amines is 1. The predicted octanol–water partition coefficient (Wildman–Crippen LogP) is 2.76. The number of piperazine rings is 1. The number of rotatable bonds is 2. The van der Waals surface area contributed by atoms with Crippen molar-refractivity contribution in [2.24, 2.45) is 0 Å². The summed E-state index contributed by atoms with van der Waals surface area (Å²) in [5, 5.41) is 5.30. The molecule has 0 spiro atoms. The predicted molar refractivity (Wildman–Crippen MR) is 119 cm³/mol. The summed E-state index contributed by atoms with van der Waals surface area (Å²) in [4.78, 5) is 32.7. The molecule has 0 saturated carbocycles. The number of nitrogens with one attached hydrogen (secondary N) is 1. The quantitative estimate of drug-likeness (QED) is 0.548. The molecule has 31 heavy (non-hydrogen) atoms. The summed E-state index contributed by atoms with van der Waals surface area (Å²) >= 11 is 0. The van der Waals surface area contributed by atoms with Crippen molar-refractivity contribution in [2.45, 2.75) is 18.9 Å². The second kappa shape index (κ2) is 7.06. The first-order valence-electron chi connectivity index (χ1n) is 10.8. The Kier molecular flexibility index (Phi) is 4.17. The Balaban J connectivity index is 1.29. The maximum Gasteiger partial charge on any atom is 0.259 e. The Hall–Kier alpha value is -3.45. The van der Waals surface area contributed by atoms with Crippen LogP contribution in [0, 0.1) is 0 Å². The fourth-order valence-electron chi connectivity index (χ4n) is 4.97. The van der Waals surface area contributed by atoms with E-state index in [-0.39, 0.29) is 11.5 Å². The van der Waals surface area contributed by atoms with Crippen LogP contribution in [-0.2, 0) is 0 Å². The molecule has 2 aliphatic rings. The standard InChI is InChI=1S/C24H23N5O2/c30-23-19-5-1-2-6-21(19)29-22(25-23)14-20(26-29)16-7-9-17(10-8-16)24(31)28-13-12-27-11-3-4-18(27)15-28/h1-2,5-10,14,18H,3-4,11-13,15H2,(H,25,30)/t18-/m0/s1. The van der Waals surface area contributed by atoms with E-state index in [4.69, 9.17) is 5.10 Å². The van der Waals surface area contributed by atoms with Gasteiger partial charge in [-0.3, -0.25) is 14.5 Å². The molecule has 6 rings (SSSR count). The van der Waals surface area contributed by atoms with Crippen molar-refractivity contribution >= 4 is 22.5 Å². The lowest BCUT2D eigenvalue weighted by atomic mass is 10.1. The summed E-state index contributed by atoms with van der Waals surface area (Å²) in [6.45, 7) is 3.76. The Morgan fingerprint density at radius 3 is 2.74 bits per heavy atom. The summed E-state index contributed by atoms with van der Waals surface area (Å²) in [6.07, 6.45) is 2.42. The van der Waals surface area contributed by atoms with E-state index in [1.165, 1.54) is 19.4 Å². The molecule has 2 aromatic carbocycles. The molecule has 0 bridgehead atoms. The van der Waals surface area contributed by atoms with Gasteiger partial charge in [0.05, 0.1) is 16.6 Å². The van der Waals surface area contributed by atoms with E-state index in [1.807, 2.05) is 53.4 Å². The molecule has 1 amide bonds. The summed E-state index contributed by atoms with van der Waals surface area (Å²) in [6, 6.07) is 17.4. The summed E-state index contributed by atoms with van der Waals surface area (Å²) in [7, 11) is 0. The maximum absolute atomic E-state index is 13.0. The van der Waals surface area contributed by atoms with Crippen molar-refractivity contribution in [1.29, 1.82) is 0 Å². The van der Waals surface area contributed by atoms with Gasteiger partial charge in [0.2, 0.25) is 0 Å². The highest BCUT2D eigenvalue weighted by Crippen LogP contribution is 2.24. The summed E-state index contributed by atoms with van der Waals surface area (Å²) < 4.78 is 1.76. The first kappa shape index (κ1) is 18.3. The SMILES string of the molecule is O=C(c1ccc(-c2cc3[nH]c(=O)c4ccccc4n3n2)cc1)N1CCN2CCC[C@H]2C1. The van der Waals surface area contributed by atoms with Crippen LogP contribution >= 0.6 is 0 Å². The van der Waals surface area contributed by atoms with Crippen LogP contribution in [0.25, 0.3) is 27.8 Å². The van der Waals surface area contributed by atoms with Crippen LogP contribution in [0.3, 0.4) is 0 Å². The number of nitrogens with zero attached hydrogens (tertiary/aromatic N) is 4. The minimum Gasteiger partial charge on any atom is -0.336 e. The Labute approximate surface area is 178 Å². The van der Waals surface area contributed by atoms with Crippen LogP contribution in [0.15, 0.2) is 59.4 Å². The molecule has 4 heterocycles. The topological polar surface area (TPSA) is 73.7 Å². The molecule has 1 N–H and O–H groups in total. The Morgan fingerprint density at radius 2 is 1.87 bits per heavy atom.